The van der Waals surface area contributed by atoms with Crippen LogP contribution in [0.25, 0.3) is 5.69 Å². The summed E-state index contributed by atoms with van der Waals surface area (Å²) < 4.78 is 1.78. The average Bonchev–Trinajstić information content (AvgIpc) is 2.97. The second kappa shape index (κ2) is 6.65. The molecular formula is C17H15N5O. The number of amides is 1. The molecule has 3 aromatic rings. The second-order valence-electron chi connectivity index (χ2n) is 4.89. The average molecular weight is 305 g/mol. The van der Waals surface area contributed by atoms with Crippen LogP contribution in [0, 0.1) is 6.92 Å². The predicted molar refractivity (Wildman–Crippen MR) is 87.6 cm³/mol. The lowest BCUT2D eigenvalue weighted by atomic mass is 10.3. The molecule has 3 rings (SSSR count). The molecule has 1 amide bonds. The van der Waals surface area contributed by atoms with Gasteiger partial charge in [-0.15, -0.1) is 0 Å². The topological polar surface area (TPSA) is 72.2 Å². The van der Waals surface area contributed by atoms with Gasteiger partial charge in [-0.3, -0.25) is 9.78 Å². The molecule has 114 valence electrons. The molecule has 6 heteroatoms. The van der Waals surface area contributed by atoms with E-state index in [1.807, 2.05) is 43.5 Å². The number of hydrogen-bond donors (Lipinski definition) is 1. The molecule has 1 aromatic carbocycles. The summed E-state index contributed by atoms with van der Waals surface area (Å²) in [5, 5.41) is 8.42. The van der Waals surface area contributed by atoms with Crippen LogP contribution in [0.2, 0.25) is 0 Å². The number of rotatable bonds is 4. The van der Waals surface area contributed by atoms with Gasteiger partial charge in [-0.25, -0.2) is 10.1 Å². The van der Waals surface area contributed by atoms with Crippen molar-refractivity contribution in [2.75, 3.05) is 0 Å². The Kier molecular flexibility index (Phi) is 4.24. The Morgan fingerprint density at radius 3 is 2.78 bits per heavy atom. The lowest BCUT2D eigenvalue weighted by molar-refractivity contribution is 0.0955. The predicted octanol–water partition coefficient (Wildman–Crippen LogP) is 2.34. The number of aryl methyl sites for hydroxylation is 1. The van der Waals surface area contributed by atoms with Crippen molar-refractivity contribution in [1.82, 2.24) is 20.2 Å². The Bertz CT molecular complexity index is 825. The largest absolute Gasteiger partial charge is 0.272 e. The van der Waals surface area contributed by atoms with Gasteiger partial charge < -0.3 is 0 Å². The molecule has 2 heterocycles. The Hall–Kier alpha value is -3.28. The fourth-order valence-electron chi connectivity index (χ4n) is 2.04. The van der Waals surface area contributed by atoms with E-state index >= 15 is 0 Å². The minimum atomic E-state index is -0.303. The highest BCUT2D eigenvalue weighted by Crippen LogP contribution is 2.10. The van der Waals surface area contributed by atoms with Gasteiger partial charge >= 0.3 is 0 Å². The molecule has 0 atom stereocenters. The summed E-state index contributed by atoms with van der Waals surface area (Å²) >= 11 is 0. The van der Waals surface area contributed by atoms with Crippen LogP contribution in [-0.2, 0) is 0 Å². The maximum Gasteiger partial charge on any atom is 0.272 e. The molecule has 0 spiro atoms. The minimum Gasteiger partial charge on any atom is -0.267 e. The van der Waals surface area contributed by atoms with Crippen molar-refractivity contribution in [3.05, 3.63) is 77.9 Å². The van der Waals surface area contributed by atoms with Gasteiger partial charge in [-0.2, -0.15) is 10.2 Å². The summed E-state index contributed by atoms with van der Waals surface area (Å²) in [5.41, 5.74) is 5.56. The van der Waals surface area contributed by atoms with Gasteiger partial charge in [0.1, 0.15) is 0 Å². The minimum absolute atomic E-state index is 0.303. The molecule has 23 heavy (non-hydrogen) atoms. The fourth-order valence-corrected chi connectivity index (χ4v) is 2.04. The van der Waals surface area contributed by atoms with Gasteiger partial charge in [0.15, 0.2) is 0 Å². The van der Waals surface area contributed by atoms with E-state index in [2.05, 4.69) is 20.6 Å². The molecule has 2 aromatic heterocycles. The highest BCUT2D eigenvalue weighted by Gasteiger charge is 2.05. The summed E-state index contributed by atoms with van der Waals surface area (Å²) in [7, 11) is 0. The van der Waals surface area contributed by atoms with E-state index in [4.69, 9.17) is 0 Å². The van der Waals surface area contributed by atoms with Gasteiger partial charge in [0.05, 0.1) is 23.2 Å². The summed E-state index contributed by atoms with van der Waals surface area (Å²) in [6, 6.07) is 13.2. The van der Waals surface area contributed by atoms with Crippen LogP contribution in [0.1, 0.15) is 21.6 Å². The zero-order chi connectivity index (χ0) is 16.1. The van der Waals surface area contributed by atoms with Gasteiger partial charge in [0.25, 0.3) is 5.91 Å². The number of carbonyl (C=O) groups excluding carboxylic acids is 1. The normalized spacial score (nSPS) is 10.8. The molecule has 1 N–H and O–H groups in total. The van der Waals surface area contributed by atoms with Gasteiger partial charge in [0, 0.05) is 24.2 Å². The lowest BCUT2D eigenvalue weighted by Crippen LogP contribution is -2.17. The van der Waals surface area contributed by atoms with Crippen LogP contribution in [0.4, 0.5) is 0 Å². The van der Waals surface area contributed by atoms with Crippen LogP contribution < -0.4 is 5.43 Å². The number of nitrogens with zero attached hydrogens (tertiary/aromatic N) is 4. The van der Waals surface area contributed by atoms with E-state index in [0.717, 1.165) is 16.9 Å². The number of aromatic nitrogens is 3. The molecule has 0 aliphatic rings. The number of para-hydroxylation sites is 1. The summed E-state index contributed by atoms with van der Waals surface area (Å²) in [6.07, 6.45) is 6.55. The molecule has 0 saturated carbocycles. The standard InChI is InChI=1S/C17H15N5O/c1-13-15(12-22(21-13)16-7-3-2-4-8-16)11-19-20-17(23)14-6-5-9-18-10-14/h2-12H,1H3,(H,20,23)/b19-11+. The smallest absolute Gasteiger partial charge is 0.267 e. The number of nitrogens with one attached hydrogen (secondary N) is 1. The Labute approximate surface area is 133 Å². The van der Waals surface area contributed by atoms with Crippen molar-refractivity contribution in [1.29, 1.82) is 0 Å². The van der Waals surface area contributed by atoms with Crippen molar-refractivity contribution in [2.45, 2.75) is 6.92 Å². The van der Waals surface area contributed by atoms with E-state index in [-0.39, 0.29) is 5.91 Å². The van der Waals surface area contributed by atoms with E-state index in [1.54, 1.807) is 29.2 Å². The molecule has 0 radical (unpaired) electrons. The third-order valence-corrected chi connectivity index (χ3v) is 3.25. The molecule has 0 fully saturated rings. The summed E-state index contributed by atoms with van der Waals surface area (Å²) in [4.78, 5) is 15.8. The Morgan fingerprint density at radius 2 is 2.04 bits per heavy atom. The molecule has 0 aliphatic heterocycles. The number of benzene rings is 1. The van der Waals surface area contributed by atoms with Crippen molar-refractivity contribution >= 4 is 12.1 Å². The number of hydrogen-bond acceptors (Lipinski definition) is 4. The van der Waals surface area contributed by atoms with Crippen molar-refractivity contribution in [3.63, 3.8) is 0 Å². The molecule has 0 aliphatic carbocycles. The van der Waals surface area contributed by atoms with E-state index < -0.39 is 0 Å². The third-order valence-electron chi connectivity index (χ3n) is 3.25. The molecule has 0 saturated heterocycles. The maximum atomic E-state index is 11.9. The van der Waals surface area contributed by atoms with Crippen LogP contribution in [-0.4, -0.2) is 26.9 Å². The van der Waals surface area contributed by atoms with E-state index in [0.29, 0.717) is 5.56 Å². The summed E-state index contributed by atoms with van der Waals surface area (Å²) in [6.45, 7) is 1.89. The highest BCUT2D eigenvalue weighted by atomic mass is 16.2. The van der Waals surface area contributed by atoms with Crippen molar-refractivity contribution < 1.29 is 4.79 Å². The first kappa shape index (κ1) is 14.6. The van der Waals surface area contributed by atoms with E-state index in [9.17, 15) is 4.79 Å². The molecular weight excluding hydrogens is 290 g/mol. The monoisotopic (exact) mass is 305 g/mol. The Morgan fingerprint density at radius 1 is 1.22 bits per heavy atom. The van der Waals surface area contributed by atoms with Crippen LogP contribution in [0.3, 0.4) is 0 Å². The number of pyridine rings is 1. The Balaban J connectivity index is 1.71. The van der Waals surface area contributed by atoms with Crippen LogP contribution in [0.5, 0.6) is 0 Å². The van der Waals surface area contributed by atoms with E-state index in [1.165, 1.54) is 6.20 Å². The van der Waals surface area contributed by atoms with Gasteiger partial charge in [-0.05, 0) is 31.2 Å². The second-order valence-corrected chi connectivity index (χ2v) is 4.89. The molecule has 0 bridgehead atoms. The van der Waals surface area contributed by atoms with Crippen molar-refractivity contribution in [2.24, 2.45) is 5.10 Å². The SMILES string of the molecule is Cc1nn(-c2ccccc2)cc1/C=N/NC(=O)c1cccnc1. The first-order chi connectivity index (χ1) is 11.2. The van der Waals surface area contributed by atoms with Gasteiger partial charge in [-0.1, -0.05) is 18.2 Å². The number of carbonyl (C=O) groups is 1. The molecule has 0 unspecified atom stereocenters. The fraction of sp³-hybridized carbons (Fsp3) is 0.0588. The first-order valence-corrected chi connectivity index (χ1v) is 7.09. The zero-order valence-corrected chi connectivity index (χ0v) is 12.5. The lowest BCUT2D eigenvalue weighted by Gasteiger charge is -1.98. The number of hydrazone groups is 1. The maximum absolute atomic E-state index is 11.9. The zero-order valence-electron chi connectivity index (χ0n) is 12.5. The van der Waals surface area contributed by atoms with Crippen molar-refractivity contribution in [3.8, 4) is 5.69 Å². The third kappa shape index (κ3) is 3.49. The quantitative estimate of drug-likeness (QED) is 0.594. The van der Waals surface area contributed by atoms with Crippen LogP contribution >= 0.6 is 0 Å². The van der Waals surface area contributed by atoms with Crippen LogP contribution in [0.15, 0.2) is 66.2 Å². The van der Waals surface area contributed by atoms with Gasteiger partial charge in [0.2, 0.25) is 0 Å². The first-order valence-electron chi connectivity index (χ1n) is 7.09. The summed E-state index contributed by atoms with van der Waals surface area (Å²) in [5.74, 6) is -0.303. The highest BCUT2D eigenvalue weighted by molar-refractivity contribution is 5.94. The molecule has 6 nitrogen and oxygen atoms in total.